The van der Waals surface area contributed by atoms with Gasteiger partial charge in [0, 0.05) is 0 Å². The average Bonchev–Trinajstić information content (AvgIpc) is 2.38. The molecule has 0 aromatic rings. The van der Waals surface area contributed by atoms with Crippen molar-refractivity contribution in [1.29, 1.82) is 0 Å². The molecule has 2 unspecified atom stereocenters. The van der Waals surface area contributed by atoms with Gasteiger partial charge in [-0.05, 0) is 27.2 Å². The van der Waals surface area contributed by atoms with E-state index in [1.54, 1.807) is 20.8 Å². The van der Waals surface area contributed by atoms with Crippen molar-refractivity contribution in [3.8, 4) is 0 Å². The minimum absolute atomic E-state index is 0.413. The summed E-state index contributed by atoms with van der Waals surface area (Å²) in [5.74, 6) is -0.647. The Hall–Kier alpha value is -0.860. The second-order valence-electron chi connectivity index (χ2n) is 6.01. The van der Waals surface area contributed by atoms with Crippen LogP contribution in [-0.2, 0) is 19.0 Å². The van der Waals surface area contributed by atoms with Gasteiger partial charge in [-0.2, -0.15) is 13.2 Å². The SMILES string of the molecule is CCC(C)(C)C(=O)OCC1(C)OCOCC1(O)C(F)(F)F. The van der Waals surface area contributed by atoms with E-state index in [9.17, 15) is 23.1 Å². The summed E-state index contributed by atoms with van der Waals surface area (Å²) in [6.07, 6.45) is -4.51. The van der Waals surface area contributed by atoms with Crippen molar-refractivity contribution < 1.29 is 37.3 Å². The fourth-order valence-corrected chi connectivity index (χ4v) is 1.72. The lowest BCUT2D eigenvalue weighted by atomic mass is 9.83. The van der Waals surface area contributed by atoms with Crippen LogP contribution in [0.5, 0.6) is 0 Å². The summed E-state index contributed by atoms with van der Waals surface area (Å²) in [5, 5.41) is 9.93. The number of esters is 1. The van der Waals surface area contributed by atoms with Crippen LogP contribution in [0.2, 0.25) is 0 Å². The van der Waals surface area contributed by atoms with Crippen LogP contribution in [0.1, 0.15) is 34.1 Å². The van der Waals surface area contributed by atoms with Gasteiger partial charge in [-0.15, -0.1) is 0 Å². The van der Waals surface area contributed by atoms with Crippen molar-refractivity contribution in [1.82, 2.24) is 0 Å². The number of carbonyl (C=O) groups is 1. The van der Waals surface area contributed by atoms with Crippen LogP contribution in [0, 0.1) is 5.41 Å². The lowest BCUT2D eigenvalue weighted by Crippen LogP contribution is -2.69. The van der Waals surface area contributed by atoms with E-state index in [4.69, 9.17) is 9.47 Å². The molecular formula is C13H21F3O5. The molecule has 0 saturated carbocycles. The van der Waals surface area contributed by atoms with E-state index in [2.05, 4.69) is 4.74 Å². The van der Waals surface area contributed by atoms with Crippen LogP contribution in [0.15, 0.2) is 0 Å². The van der Waals surface area contributed by atoms with Crippen molar-refractivity contribution in [3.05, 3.63) is 0 Å². The van der Waals surface area contributed by atoms with Crippen molar-refractivity contribution in [2.24, 2.45) is 5.41 Å². The molecule has 8 heteroatoms. The van der Waals surface area contributed by atoms with Crippen molar-refractivity contribution >= 4 is 5.97 Å². The monoisotopic (exact) mass is 314 g/mol. The third kappa shape index (κ3) is 3.32. The highest BCUT2D eigenvalue weighted by Crippen LogP contribution is 2.43. The second-order valence-corrected chi connectivity index (χ2v) is 6.01. The van der Waals surface area contributed by atoms with E-state index in [0.717, 1.165) is 6.92 Å². The van der Waals surface area contributed by atoms with Gasteiger partial charge in [0.2, 0.25) is 5.60 Å². The average molecular weight is 314 g/mol. The van der Waals surface area contributed by atoms with Gasteiger partial charge in [-0.25, -0.2) is 0 Å². The van der Waals surface area contributed by atoms with Crippen LogP contribution in [0.4, 0.5) is 13.2 Å². The van der Waals surface area contributed by atoms with Crippen molar-refractivity contribution in [2.45, 2.75) is 51.5 Å². The first-order valence-corrected chi connectivity index (χ1v) is 6.58. The smallest absolute Gasteiger partial charge is 0.422 e. The van der Waals surface area contributed by atoms with Crippen molar-refractivity contribution in [2.75, 3.05) is 20.0 Å². The fourth-order valence-electron chi connectivity index (χ4n) is 1.72. The van der Waals surface area contributed by atoms with E-state index < -0.39 is 48.8 Å². The quantitative estimate of drug-likeness (QED) is 0.804. The molecule has 1 rings (SSSR count). The molecule has 124 valence electrons. The third-order valence-electron chi connectivity index (χ3n) is 4.03. The topological polar surface area (TPSA) is 65.0 Å². The first kappa shape index (κ1) is 18.2. The zero-order chi connectivity index (χ0) is 16.5. The summed E-state index contributed by atoms with van der Waals surface area (Å²) in [6, 6.07) is 0. The molecule has 1 N–H and O–H groups in total. The van der Waals surface area contributed by atoms with Gasteiger partial charge in [0.15, 0.2) is 0 Å². The van der Waals surface area contributed by atoms with E-state index in [-0.39, 0.29) is 0 Å². The Labute approximate surface area is 121 Å². The van der Waals surface area contributed by atoms with Crippen LogP contribution in [0.25, 0.3) is 0 Å². The number of aliphatic hydroxyl groups is 1. The van der Waals surface area contributed by atoms with Crippen molar-refractivity contribution in [3.63, 3.8) is 0 Å². The normalized spacial score (nSPS) is 31.0. The summed E-state index contributed by atoms with van der Waals surface area (Å²) in [7, 11) is 0. The molecule has 0 bridgehead atoms. The predicted octanol–water partition coefficient (Wildman–Crippen LogP) is 2.02. The Morgan fingerprint density at radius 3 is 2.43 bits per heavy atom. The number of carbonyl (C=O) groups excluding carboxylic acids is 1. The number of ether oxygens (including phenoxy) is 3. The highest BCUT2D eigenvalue weighted by atomic mass is 19.4. The number of alkyl halides is 3. The molecule has 1 saturated heterocycles. The third-order valence-corrected chi connectivity index (χ3v) is 4.03. The molecule has 2 atom stereocenters. The van der Waals surface area contributed by atoms with E-state index in [0.29, 0.717) is 6.42 Å². The molecule has 1 aliphatic rings. The number of rotatable bonds is 4. The standard InChI is InChI=1S/C13H21F3O5/c1-5-10(2,3)9(17)20-6-11(4)12(18,13(14,15)16)7-19-8-21-11/h18H,5-8H2,1-4H3. The summed E-state index contributed by atoms with van der Waals surface area (Å²) < 4.78 is 53.7. The molecule has 1 fully saturated rings. The minimum Gasteiger partial charge on any atom is -0.462 e. The van der Waals surface area contributed by atoms with Crippen LogP contribution in [-0.4, -0.2) is 48.5 Å². The number of hydrogen-bond acceptors (Lipinski definition) is 5. The van der Waals surface area contributed by atoms with Gasteiger partial charge in [0.05, 0.1) is 12.0 Å². The van der Waals surface area contributed by atoms with E-state index >= 15 is 0 Å². The van der Waals surface area contributed by atoms with Gasteiger partial charge in [0.25, 0.3) is 0 Å². The molecule has 0 spiro atoms. The maximum atomic E-state index is 13.1. The lowest BCUT2D eigenvalue weighted by molar-refractivity contribution is -0.382. The second kappa shape index (κ2) is 5.73. The molecule has 1 aliphatic heterocycles. The zero-order valence-corrected chi connectivity index (χ0v) is 12.5. The Kier molecular flexibility index (Phi) is 4.97. The Morgan fingerprint density at radius 1 is 1.38 bits per heavy atom. The maximum absolute atomic E-state index is 13.1. The molecule has 0 aromatic heterocycles. The van der Waals surface area contributed by atoms with Crippen LogP contribution in [0.3, 0.4) is 0 Å². The largest absolute Gasteiger partial charge is 0.462 e. The lowest BCUT2D eigenvalue weighted by Gasteiger charge is -2.47. The number of hydrogen-bond donors (Lipinski definition) is 1. The van der Waals surface area contributed by atoms with Gasteiger partial charge in [-0.3, -0.25) is 4.79 Å². The molecule has 1 heterocycles. The molecular weight excluding hydrogens is 293 g/mol. The Bertz CT molecular complexity index is 396. The van der Waals surface area contributed by atoms with E-state index in [1.165, 1.54) is 0 Å². The van der Waals surface area contributed by atoms with Crippen LogP contribution >= 0.6 is 0 Å². The fraction of sp³-hybridized carbons (Fsp3) is 0.923. The molecule has 0 radical (unpaired) electrons. The zero-order valence-electron chi connectivity index (χ0n) is 12.5. The van der Waals surface area contributed by atoms with Gasteiger partial charge in [0.1, 0.15) is 19.0 Å². The molecule has 0 aromatic carbocycles. The van der Waals surface area contributed by atoms with Gasteiger partial charge < -0.3 is 19.3 Å². The summed E-state index contributed by atoms with van der Waals surface area (Å²) in [6.45, 7) is 3.96. The Morgan fingerprint density at radius 2 is 1.95 bits per heavy atom. The Balaban J connectivity index is 2.90. The predicted molar refractivity (Wildman–Crippen MR) is 66.3 cm³/mol. The van der Waals surface area contributed by atoms with Gasteiger partial charge >= 0.3 is 12.1 Å². The number of halogens is 3. The first-order chi connectivity index (χ1) is 9.40. The molecule has 21 heavy (non-hydrogen) atoms. The van der Waals surface area contributed by atoms with Gasteiger partial charge in [-0.1, -0.05) is 6.92 Å². The molecule has 0 aliphatic carbocycles. The summed E-state index contributed by atoms with van der Waals surface area (Å²) in [4.78, 5) is 11.9. The summed E-state index contributed by atoms with van der Waals surface area (Å²) >= 11 is 0. The summed E-state index contributed by atoms with van der Waals surface area (Å²) in [5.41, 5.74) is -6.18. The highest BCUT2D eigenvalue weighted by molar-refractivity contribution is 5.75. The molecule has 5 nitrogen and oxygen atoms in total. The first-order valence-electron chi connectivity index (χ1n) is 6.58. The maximum Gasteiger partial charge on any atom is 0.422 e. The van der Waals surface area contributed by atoms with Crippen LogP contribution < -0.4 is 0 Å². The highest BCUT2D eigenvalue weighted by Gasteiger charge is 2.67. The van der Waals surface area contributed by atoms with E-state index in [1.807, 2.05) is 0 Å². The molecule has 0 amide bonds. The minimum atomic E-state index is -4.98.